The van der Waals surface area contributed by atoms with E-state index in [1.165, 1.54) is 9.70 Å². The minimum atomic E-state index is -1.00. The molecule has 5 aromatic rings. The lowest BCUT2D eigenvalue weighted by Crippen LogP contribution is -2.44. The molecule has 1 N–H and O–H groups in total. The molecule has 2 amide bonds. The summed E-state index contributed by atoms with van der Waals surface area (Å²) in [5.41, 5.74) is 2.18. The van der Waals surface area contributed by atoms with Gasteiger partial charge in [-0.1, -0.05) is 83.9 Å². The highest BCUT2D eigenvalue weighted by molar-refractivity contribution is 6.31. The molecule has 1 atom stereocenters. The Balaban J connectivity index is 1.48. The van der Waals surface area contributed by atoms with Crippen LogP contribution in [0.25, 0.3) is 11.6 Å². The average molecular weight is 589 g/mol. The van der Waals surface area contributed by atoms with E-state index in [-0.39, 0.29) is 31.4 Å². The van der Waals surface area contributed by atoms with E-state index in [1.54, 1.807) is 48.5 Å². The van der Waals surface area contributed by atoms with Crippen LogP contribution in [0.2, 0.25) is 10.0 Å². The minimum absolute atomic E-state index is 0.0590. The molecule has 0 aliphatic carbocycles. The second-order valence-electron chi connectivity index (χ2n) is 9.32. The van der Waals surface area contributed by atoms with Gasteiger partial charge in [0, 0.05) is 23.1 Å². The summed E-state index contributed by atoms with van der Waals surface area (Å²) in [6, 6.07) is 26.1. The monoisotopic (exact) mass is 588 g/mol. The molecule has 2 heterocycles. The first-order valence-corrected chi connectivity index (χ1v) is 13.6. The Morgan fingerprint density at radius 1 is 0.951 bits per heavy atom. The molecule has 0 saturated carbocycles. The molecule has 0 bridgehead atoms. The second kappa shape index (κ2) is 12.8. The van der Waals surface area contributed by atoms with E-state index in [9.17, 15) is 9.59 Å². The van der Waals surface area contributed by atoms with Crippen molar-refractivity contribution in [3.05, 3.63) is 123 Å². The number of benzene rings is 3. The predicted octanol–water partition coefficient (Wildman–Crippen LogP) is 5.63. The molecule has 0 spiro atoms. The van der Waals surface area contributed by atoms with Gasteiger partial charge in [-0.15, -0.1) is 10.2 Å². The van der Waals surface area contributed by atoms with Crippen molar-refractivity contribution in [2.75, 3.05) is 0 Å². The summed E-state index contributed by atoms with van der Waals surface area (Å²) < 4.78 is 5.58. The van der Waals surface area contributed by atoms with Crippen LogP contribution in [0.1, 0.15) is 28.5 Å². The number of aromatic nitrogens is 4. The Labute approximate surface area is 246 Å². The Hall–Kier alpha value is -4.47. The Bertz CT molecular complexity index is 1640. The molecule has 0 unspecified atom stereocenters. The number of nitrogens with zero attached hydrogens (tertiary/aromatic N) is 5. The van der Waals surface area contributed by atoms with Gasteiger partial charge in [0.05, 0.1) is 0 Å². The molecule has 208 valence electrons. The SMILES string of the molecule is Cc1ccc(-c2nnn(CC(=O)N(Cc3ccccc3Cl)[C@H](C(=O)NCc3ccccc3)c3ccc(Cl)cc3)n2)o1. The van der Waals surface area contributed by atoms with Crippen LogP contribution in [0.5, 0.6) is 0 Å². The van der Waals surface area contributed by atoms with Gasteiger partial charge < -0.3 is 14.6 Å². The number of aryl methyl sites for hydroxylation is 1. The molecule has 0 saturated heterocycles. The molecule has 3 aromatic carbocycles. The van der Waals surface area contributed by atoms with E-state index in [2.05, 4.69) is 20.7 Å². The Kier molecular flexibility index (Phi) is 8.76. The molecule has 0 fully saturated rings. The third-order valence-corrected chi connectivity index (χ3v) is 6.99. The van der Waals surface area contributed by atoms with Crippen LogP contribution in [0.15, 0.2) is 95.4 Å². The van der Waals surface area contributed by atoms with Crippen molar-refractivity contribution in [1.82, 2.24) is 30.4 Å². The lowest BCUT2D eigenvalue weighted by Gasteiger charge is -2.31. The molecule has 41 heavy (non-hydrogen) atoms. The summed E-state index contributed by atoms with van der Waals surface area (Å²) in [5.74, 6) is 0.603. The normalized spacial score (nSPS) is 11.7. The summed E-state index contributed by atoms with van der Waals surface area (Å²) in [6.45, 7) is 1.88. The van der Waals surface area contributed by atoms with Gasteiger partial charge in [-0.05, 0) is 59.2 Å². The summed E-state index contributed by atoms with van der Waals surface area (Å²) in [5, 5.41) is 16.3. The number of rotatable bonds is 10. The van der Waals surface area contributed by atoms with E-state index in [1.807, 2.05) is 49.4 Å². The van der Waals surface area contributed by atoms with Crippen LogP contribution < -0.4 is 5.32 Å². The first kappa shape index (κ1) is 28.1. The minimum Gasteiger partial charge on any atom is -0.458 e. The van der Waals surface area contributed by atoms with E-state index >= 15 is 0 Å². The lowest BCUT2D eigenvalue weighted by atomic mass is 10.0. The summed E-state index contributed by atoms with van der Waals surface area (Å²) in [6.07, 6.45) is 0. The molecule has 2 aromatic heterocycles. The first-order valence-electron chi connectivity index (χ1n) is 12.8. The van der Waals surface area contributed by atoms with Crippen molar-refractivity contribution >= 4 is 35.0 Å². The number of furan rings is 1. The van der Waals surface area contributed by atoms with Crippen molar-refractivity contribution < 1.29 is 14.0 Å². The summed E-state index contributed by atoms with van der Waals surface area (Å²) in [7, 11) is 0. The molecule has 5 rings (SSSR count). The molecule has 0 aliphatic heterocycles. The van der Waals surface area contributed by atoms with Crippen molar-refractivity contribution in [2.24, 2.45) is 0 Å². The average Bonchev–Trinajstić information content (AvgIpc) is 3.63. The van der Waals surface area contributed by atoms with Gasteiger partial charge in [0.15, 0.2) is 5.76 Å². The number of hydrogen-bond acceptors (Lipinski definition) is 6. The maximum atomic E-state index is 14.0. The number of tetrazole rings is 1. The van der Waals surface area contributed by atoms with Crippen LogP contribution in [-0.2, 0) is 29.2 Å². The molecular formula is C30H26Cl2N6O3. The lowest BCUT2D eigenvalue weighted by molar-refractivity contribution is -0.142. The predicted molar refractivity (Wildman–Crippen MR) is 155 cm³/mol. The van der Waals surface area contributed by atoms with Crippen molar-refractivity contribution in [3.8, 4) is 11.6 Å². The maximum absolute atomic E-state index is 14.0. The van der Waals surface area contributed by atoms with Crippen LogP contribution in [0.3, 0.4) is 0 Å². The van der Waals surface area contributed by atoms with Gasteiger partial charge in [-0.2, -0.15) is 4.80 Å². The van der Waals surface area contributed by atoms with Crippen LogP contribution in [0.4, 0.5) is 0 Å². The molecule has 0 aliphatic rings. The fraction of sp³-hybridized carbons (Fsp3) is 0.167. The third kappa shape index (κ3) is 7.00. The molecule has 9 nitrogen and oxygen atoms in total. The summed E-state index contributed by atoms with van der Waals surface area (Å²) in [4.78, 5) is 30.4. The smallest absolute Gasteiger partial charge is 0.247 e. The number of hydrogen-bond donors (Lipinski definition) is 1. The highest BCUT2D eigenvalue weighted by Gasteiger charge is 2.32. The molecular weight excluding hydrogens is 563 g/mol. The zero-order chi connectivity index (χ0) is 28.8. The van der Waals surface area contributed by atoms with Crippen molar-refractivity contribution in [2.45, 2.75) is 32.6 Å². The zero-order valence-electron chi connectivity index (χ0n) is 22.1. The highest BCUT2D eigenvalue weighted by atomic mass is 35.5. The third-order valence-electron chi connectivity index (χ3n) is 6.36. The number of nitrogens with one attached hydrogen (secondary N) is 1. The van der Waals surface area contributed by atoms with Gasteiger partial charge >= 0.3 is 0 Å². The first-order chi connectivity index (χ1) is 19.9. The van der Waals surface area contributed by atoms with Gasteiger partial charge in [0.25, 0.3) is 0 Å². The van der Waals surface area contributed by atoms with Gasteiger partial charge in [0.1, 0.15) is 18.3 Å². The summed E-state index contributed by atoms with van der Waals surface area (Å²) >= 11 is 12.7. The largest absolute Gasteiger partial charge is 0.458 e. The number of carbonyl (C=O) groups is 2. The van der Waals surface area contributed by atoms with Crippen LogP contribution in [-0.4, -0.2) is 36.9 Å². The van der Waals surface area contributed by atoms with E-state index in [4.69, 9.17) is 27.6 Å². The molecule has 0 radical (unpaired) electrons. The molecule has 11 heteroatoms. The zero-order valence-corrected chi connectivity index (χ0v) is 23.6. The Morgan fingerprint density at radius 2 is 1.68 bits per heavy atom. The number of halogens is 2. The van der Waals surface area contributed by atoms with E-state index in [0.717, 1.165) is 5.56 Å². The van der Waals surface area contributed by atoms with Gasteiger partial charge in [0.2, 0.25) is 17.6 Å². The second-order valence-corrected chi connectivity index (χ2v) is 10.2. The standard InChI is InChI=1S/C30H26Cl2N6O3/c1-20-11-16-26(41-20)29-34-36-38(35-29)19-27(39)37(18-23-9-5-6-10-25(23)32)28(22-12-14-24(31)15-13-22)30(40)33-17-21-7-3-2-4-8-21/h2-16,28H,17-19H2,1H3,(H,33,40)/t28-/m0/s1. The number of carbonyl (C=O) groups excluding carboxylic acids is 2. The number of amides is 2. The van der Waals surface area contributed by atoms with E-state index < -0.39 is 11.9 Å². The Morgan fingerprint density at radius 3 is 2.39 bits per heavy atom. The highest BCUT2D eigenvalue weighted by Crippen LogP contribution is 2.28. The topological polar surface area (TPSA) is 106 Å². The van der Waals surface area contributed by atoms with Crippen LogP contribution >= 0.6 is 23.2 Å². The fourth-order valence-electron chi connectivity index (χ4n) is 4.31. The van der Waals surface area contributed by atoms with Crippen LogP contribution in [0, 0.1) is 6.92 Å². The van der Waals surface area contributed by atoms with E-state index in [0.29, 0.717) is 32.7 Å². The fourth-order valence-corrected chi connectivity index (χ4v) is 4.63. The van der Waals surface area contributed by atoms with Gasteiger partial charge in [-0.3, -0.25) is 9.59 Å². The maximum Gasteiger partial charge on any atom is 0.247 e. The van der Waals surface area contributed by atoms with Crippen molar-refractivity contribution in [3.63, 3.8) is 0 Å². The van der Waals surface area contributed by atoms with Gasteiger partial charge in [-0.25, -0.2) is 0 Å². The quantitative estimate of drug-likeness (QED) is 0.226. The van der Waals surface area contributed by atoms with Crippen molar-refractivity contribution in [1.29, 1.82) is 0 Å².